The minimum atomic E-state index is -1.11. The molecule has 5 rings (SSSR count). The zero-order valence-electron chi connectivity index (χ0n) is 19.0. The molecule has 3 aromatic rings. The smallest absolute Gasteiger partial charge is 0.140 e. The lowest BCUT2D eigenvalue weighted by atomic mass is 10.1. The van der Waals surface area contributed by atoms with Gasteiger partial charge in [0.2, 0.25) is 0 Å². The van der Waals surface area contributed by atoms with Gasteiger partial charge in [-0.1, -0.05) is 31.8 Å². The maximum absolute atomic E-state index is 6.10. The maximum atomic E-state index is 6.10. The number of ether oxygens (including phenoxy) is 2. The molecule has 0 atom stereocenters. The van der Waals surface area contributed by atoms with Gasteiger partial charge in [0.15, 0.2) is 0 Å². The normalized spacial score (nSPS) is 15.8. The van der Waals surface area contributed by atoms with Gasteiger partial charge >= 0.3 is 0 Å². The van der Waals surface area contributed by atoms with Gasteiger partial charge < -0.3 is 14.4 Å². The van der Waals surface area contributed by atoms with Crippen LogP contribution in [0.3, 0.4) is 0 Å². The molecule has 5 nitrogen and oxygen atoms in total. The predicted octanol–water partition coefficient (Wildman–Crippen LogP) is 6.09. The molecular weight excluding hydrogens is 502 g/mol. The zero-order valence-corrected chi connectivity index (χ0v) is 22.4. The van der Waals surface area contributed by atoms with Gasteiger partial charge in [-0.2, -0.15) is 5.10 Å². The lowest BCUT2D eigenvalue weighted by Crippen LogP contribution is -2.36. The molecule has 0 bridgehead atoms. The summed E-state index contributed by atoms with van der Waals surface area (Å²) in [7, 11) is -1.11. The highest BCUT2D eigenvalue weighted by Gasteiger charge is 2.30. The van der Waals surface area contributed by atoms with Gasteiger partial charge in [-0.25, -0.2) is 4.68 Å². The van der Waals surface area contributed by atoms with Gasteiger partial charge in [-0.15, -0.1) is 11.3 Å². The van der Waals surface area contributed by atoms with E-state index in [4.69, 9.17) is 14.6 Å². The van der Waals surface area contributed by atoms with Crippen LogP contribution in [0.15, 0.2) is 34.1 Å². The standard InChI is InChI=1S/C24H30BrN3O2SSi/c1-32(2,3)13-12-30-16-28-24-19-15-22(25)31-21(19)14-20(24)23(26-28)17-4-6-18(7-5-17)27-8-10-29-11-9-27/h4-7,15H,8-14,16H2,1-3H3. The molecule has 170 valence electrons. The second-order valence-electron chi connectivity index (χ2n) is 9.73. The molecule has 0 spiro atoms. The van der Waals surface area contributed by atoms with Crippen LogP contribution in [0.2, 0.25) is 25.7 Å². The number of hydrogen-bond donors (Lipinski definition) is 0. The number of aromatic nitrogens is 2. The number of rotatable bonds is 7. The summed E-state index contributed by atoms with van der Waals surface area (Å²) in [4.78, 5) is 3.80. The van der Waals surface area contributed by atoms with Crippen molar-refractivity contribution in [3.63, 3.8) is 0 Å². The SMILES string of the molecule is C[Si](C)(C)CCOCn1nc(-c2ccc(N3CCOCC3)cc2)c2c1-c1cc(Br)sc1C2. The molecule has 1 aliphatic heterocycles. The molecule has 1 fully saturated rings. The molecule has 8 heteroatoms. The molecule has 2 aliphatic rings. The van der Waals surface area contributed by atoms with Crippen LogP contribution in [0, 0.1) is 0 Å². The van der Waals surface area contributed by atoms with Crippen molar-refractivity contribution in [1.29, 1.82) is 0 Å². The van der Waals surface area contributed by atoms with E-state index in [1.165, 1.54) is 42.8 Å². The number of benzene rings is 1. The van der Waals surface area contributed by atoms with Crippen LogP contribution >= 0.6 is 27.3 Å². The largest absolute Gasteiger partial charge is 0.378 e. The second kappa shape index (κ2) is 9.06. The van der Waals surface area contributed by atoms with Crippen LogP contribution in [0.4, 0.5) is 5.69 Å². The highest BCUT2D eigenvalue weighted by Crippen LogP contribution is 2.46. The van der Waals surface area contributed by atoms with E-state index in [0.717, 1.165) is 45.0 Å². The summed E-state index contributed by atoms with van der Waals surface area (Å²) in [5.74, 6) is 0. The first-order valence-corrected chi connectivity index (χ1v) is 16.6. The fourth-order valence-electron chi connectivity index (χ4n) is 4.36. The highest BCUT2D eigenvalue weighted by atomic mass is 79.9. The average Bonchev–Trinajstić information content (AvgIpc) is 3.41. The van der Waals surface area contributed by atoms with Crippen LogP contribution in [0.25, 0.3) is 22.5 Å². The minimum Gasteiger partial charge on any atom is -0.378 e. The van der Waals surface area contributed by atoms with Gasteiger partial charge in [0.25, 0.3) is 0 Å². The van der Waals surface area contributed by atoms with E-state index < -0.39 is 8.07 Å². The minimum absolute atomic E-state index is 0.506. The quantitative estimate of drug-likeness (QED) is 0.213. The highest BCUT2D eigenvalue weighted by molar-refractivity contribution is 9.11. The Morgan fingerprint density at radius 3 is 2.62 bits per heavy atom. The van der Waals surface area contributed by atoms with E-state index in [1.807, 2.05) is 11.3 Å². The third-order valence-corrected chi connectivity index (χ3v) is 9.49. The van der Waals surface area contributed by atoms with Crippen molar-refractivity contribution in [3.8, 4) is 22.5 Å². The summed E-state index contributed by atoms with van der Waals surface area (Å²) in [6.45, 7) is 12.0. The maximum Gasteiger partial charge on any atom is 0.140 e. The number of hydrogen-bond acceptors (Lipinski definition) is 5. The number of anilines is 1. The fourth-order valence-corrected chi connectivity index (χ4v) is 6.83. The molecule has 0 N–H and O–H groups in total. The molecule has 1 aromatic carbocycles. The molecule has 0 saturated carbocycles. The second-order valence-corrected chi connectivity index (χ2v) is 17.9. The average molecular weight is 533 g/mol. The van der Waals surface area contributed by atoms with Crippen LogP contribution in [-0.2, 0) is 22.6 Å². The number of nitrogens with zero attached hydrogens (tertiary/aromatic N) is 3. The Morgan fingerprint density at radius 1 is 1.16 bits per heavy atom. The first-order valence-electron chi connectivity index (χ1n) is 11.3. The van der Waals surface area contributed by atoms with Crippen molar-refractivity contribution >= 4 is 41.0 Å². The Balaban J connectivity index is 1.42. The lowest BCUT2D eigenvalue weighted by molar-refractivity contribution is 0.0799. The van der Waals surface area contributed by atoms with E-state index >= 15 is 0 Å². The summed E-state index contributed by atoms with van der Waals surface area (Å²) in [5.41, 5.74) is 7.37. The Morgan fingerprint density at radius 2 is 1.91 bits per heavy atom. The third-order valence-electron chi connectivity index (χ3n) is 6.15. The van der Waals surface area contributed by atoms with Crippen LogP contribution in [-0.4, -0.2) is 50.8 Å². The Labute approximate surface area is 203 Å². The predicted molar refractivity (Wildman–Crippen MR) is 139 cm³/mol. The summed E-state index contributed by atoms with van der Waals surface area (Å²) in [5, 5.41) is 5.05. The topological polar surface area (TPSA) is 39.5 Å². The molecular formula is C24H30BrN3O2SSi. The van der Waals surface area contributed by atoms with Crippen molar-refractivity contribution in [2.45, 2.75) is 38.8 Å². The molecule has 32 heavy (non-hydrogen) atoms. The summed E-state index contributed by atoms with van der Waals surface area (Å²) in [6, 6.07) is 12.3. The van der Waals surface area contributed by atoms with Crippen molar-refractivity contribution in [1.82, 2.24) is 9.78 Å². The molecule has 3 heterocycles. The molecule has 2 aromatic heterocycles. The first-order chi connectivity index (χ1) is 15.4. The van der Waals surface area contributed by atoms with Gasteiger partial charge in [0.05, 0.1) is 28.4 Å². The lowest BCUT2D eigenvalue weighted by Gasteiger charge is -2.28. The monoisotopic (exact) mass is 531 g/mol. The van der Waals surface area contributed by atoms with Crippen molar-refractivity contribution in [3.05, 3.63) is 44.6 Å². The van der Waals surface area contributed by atoms with E-state index in [1.54, 1.807) is 0 Å². The number of morpholine rings is 1. The van der Waals surface area contributed by atoms with Crippen molar-refractivity contribution in [2.24, 2.45) is 0 Å². The van der Waals surface area contributed by atoms with Gasteiger partial charge in [0, 0.05) is 61.4 Å². The summed E-state index contributed by atoms with van der Waals surface area (Å²) < 4.78 is 14.8. The van der Waals surface area contributed by atoms with Crippen LogP contribution in [0.1, 0.15) is 10.4 Å². The van der Waals surface area contributed by atoms with Gasteiger partial charge in [-0.3, -0.25) is 0 Å². The third kappa shape index (κ3) is 4.61. The van der Waals surface area contributed by atoms with E-state index in [-0.39, 0.29) is 0 Å². The Kier molecular flexibility index (Phi) is 6.33. The number of thiophene rings is 1. The Hall–Kier alpha value is -1.45. The van der Waals surface area contributed by atoms with E-state index in [9.17, 15) is 0 Å². The zero-order chi connectivity index (χ0) is 22.3. The fraction of sp³-hybridized carbons (Fsp3) is 0.458. The summed E-state index contributed by atoms with van der Waals surface area (Å²) >= 11 is 5.49. The van der Waals surface area contributed by atoms with Crippen LogP contribution in [0.5, 0.6) is 0 Å². The molecule has 0 amide bonds. The summed E-state index contributed by atoms with van der Waals surface area (Å²) in [6.07, 6.45) is 0.941. The molecule has 1 saturated heterocycles. The molecule has 0 radical (unpaired) electrons. The van der Waals surface area contributed by atoms with E-state index in [0.29, 0.717) is 6.73 Å². The van der Waals surface area contributed by atoms with Gasteiger partial charge in [-0.05, 0) is 40.2 Å². The molecule has 0 unspecified atom stereocenters. The van der Waals surface area contributed by atoms with Crippen molar-refractivity contribution < 1.29 is 9.47 Å². The number of fused-ring (bicyclic) bond motifs is 3. The van der Waals surface area contributed by atoms with Gasteiger partial charge in [0.1, 0.15) is 6.73 Å². The van der Waals surface area contributed by atoms with E-state index in [2.05, 4.69) is 75.5 Å². The first kappa shape index (κ1) is 22.3. The van der Waals surface area contributed by atoms with Crippen LogP contribution < -0.4 is 4.90 Å². The Bertz CT molecular complexity index is 1100. The van der Waals surface area contributed by atoms with Crippen molar-refractivity contribution in [2.75, 3.05) is 37.8 Å². The molecule has 1 aliphatic carbocycles. The number of halogens is 1.